The topological polar surface area (TPSA) is 13.1 Å². The molecule has 0 radical (unpaired) electrons. The van der Waals surface area contributed by atoms with Gasteiger partial charge in [-0.05, 0) is 107 Å². The third-order valence-electron chi connectivity index (χ3n) is 10.1. The van der Waals surface area contributed by atoms with Crippen LogP contribution in [0.25, 0.3) is 98.8 Å². The SMILES string of the molecule is c1ccc(-c2ccc3c(c2)oc2ccc(-c4c5ccccc5c(-c5ccc6cccc(-c7ccccc7)c6c5)c5ccccc45)cc23)cc1. The van der Waals surface area contributed by atoms with Crippen LogP contribution in [-0.2, 0) is 0 Å². The number of furan rings is 1. The molecule has 1 heterocycles. The molecule has 0 saturated carbocycles. The lowest BCUT2D eigenvalue weighted by Gasteiger charge is -2.18. The van der Waals surface area contributed by atoms with Gasteiger partial charge in [-0.15, -0.1) is 0 Å². The second kappa shape index (κ2) is 11.1. The summed E-state index contributed by atoms with van der Waals surface area (Å²) in [5, 5.41) is 9.74. The molecule has 228 valence electrons. The molecule has 49 heavy (non-hydrogen) atoms. The highest BCUT2D eigenvalue weighted by atomic mass is 16.3. The van der Waals surface area contributed by atoms with Gasteiger partial charge in [0.15, 0.2) is 0 Å². The molecule has 0 spiro atoms. The zero-order valence-corrected chi connectivity index (χ0v) is 26.7. The Balaban J connectivity index is 1.20. The van der Waals surface area contributed by atoms with E-state index in [0.29, 0.717) is 0 Å². The number of fused-ring (bicyclic) bond motifs is 6. The summed E-state index contributed by atoms with van der Waals surface area (Å²) in [4.78, 5) is 0. The van der Waals surface area contributed by atoms with Crippen LogP contribution in [0.1, 0.15) is 0 Å². The van der Waals surface area contributed by atoms with Gasteiger partial charge < -0.3 is 4.42 Å². The highest BCUT2D eigenvalue weighted by Gasteiger charge is 2.18. The van der Waals surface area contributed by atoms with E-state index in [2.05, 4.69) is 176 Å². The normalized spacial score (nSPS) is 11.7. The maximum Gasteiger partial charge on any atom is 0.136 e. The molecule has 0 atom stereocenters. The van der Waals surface area contributed by atoms with Gasteiger partial charge in [0, 0.05) is 10.8 Å². The molecular formula is C48H30O. The third-order valence-corrected chi connectivity index (χ3v) is 10.1. The molecule has 0 aliphatic rings. The first kappa shape index (κ1) is 27.7. The summed E-state index contributed by atoms with van der Waals surface area (Å²) in [6.45, 7) is 0. The predicted octanol–water partition coefficient (Wildman–Crippen LogP) is 13.7. The molecular weight excluding hydrogens is 593 g/mol. The zero-order chi connectivity index (χ0) is 32.3. The van der Waals surface area contributed by atoms with Crippen molar-refractivity contribution in [3.8, 4) is 44.5 Å². The summed E-state index contributed by atoms with van der Waals surface area (Å²) in [6, 6.07) is 65.8. The molecule has 0 unspecified atom stereocenters. The maximum absolute atomic E-state index is 6.43. The van der Waals surface area contributed by atoms with Crippen LogP contribution in [0.5, 0.6) is 0 Å². The Morgan fingerprint density at radius 2 is 0.816 bits per heavy atom. The van der Waals surface area contributed by atoms with E-state index in [0.717, 1.165) is 27.5 Å². The van der Waals surface area contributed by atoms with E-state index in [9.17, 15) is 0 Å². The van der Waals surface area contributed by atoms with Crippen LogP contribution in [0.15, 0.2) is 186 Å². The van der Waals surface area contributed by atoms with E-state index in [4.69, 9.17) is 4.42 Å². The third kappa shape index (κ3) is 4.47. The summed E-state index contributed by atoms with van der Waals surface area (Å²) < 4.78 is 6.43. The number of benzene rings is 9. The van der Waals surface area contributed by atoms with Crippen molar-refractivity contribution in [2.75, 3.05) is 0 Å². The van der Waals surface area contributed by atoms with Crippen LogP contribution in [-0.4, -0.2) is 0 Å². The smallest absolute Gasteiger partial charge is 0.136 e. The molecule has 0 bridgehead atoms. The number of hydrogen-bond acceptors (Lipinski definition) is 1. The minimum absolute atomic E-state index is 0.902. The largest absolute Gasteiger partial charge is 0.456 e. The van der Waals surface area contributed by atoms with E-state index < -0.39 is 0 Å². The average Bonchev–Trinajstić information content (AvgIpc) is 3.54. The molecule has 0 aliphatic heterocycles. The van der Waals surface area contributed by atoms with Gasteiger partial charge in [-0.1, -0.05) is 152 Å². The zero-order valence-electron chi connectivity index (χ0n) is 26.7. The lowest BCUT2D eigenvalue weighted by Crippen LogP contribution is -1.91. The summed E-state index contributed by atoms with van der Waals surface area (Å²) in [5.74, 6) is 0. The van der Waals surface area contributed by atoms with Gasteiger partial charge in [0.1, 0.15) is 11.2 Å². The van der Waals surface area contributed by atoms with Crippen molar-refractivity contribution in [3.05, 3.63) is 182 Å². The molecule has 0 aliphatic carbocycles. The van der Waals surface area contributed by atoms with Crippen molar-refractivity contribution in [2.45, 2.75) is 0 Å². The van der Waals surface area contributed by atoms with Crippen LogP contribution < -0.4 is 0 Å². The molecule has 1 nitrogen and oxygen atoms in total. The minimum atomic E-state index is 0.902. The van der Waals surface area contributed by atoms with Crippen molar-refractivity contribution in [2.24, 2.45) is 0 Å². The van der Waals surface area contributed by atoms with Crippen LogP contribution in [0.2, 0.25) is 0 Å². The number of rotatable bonds is 4. The fourth-order valence-electron chi connectivity index (χ4n) is 7.79. The lowest BCUT2D eigenvalue weighted by molar-refractivity contribution is 0.669. The predicted molar refractivity (Wildman–Crippen MR) is 208 cm³/mol. The first-order chi connectivity index (χ1) is 24.3. The van der Waals surface area contributed by atoms with Gasteiger partial charge >= 0.3 is 0 Å². The fourth-order valence-corrected chi connectivity index (χ4v) is 7.79. The van der Waals surface area contributed by atoms with Crippen molar-refractivity contribution < 1.29 is 4.42 Å². The Bertz CT molecular complexity index is 2800. The van der Waals surface area contributed by atoms with Gasteiger partial charge in [0.2, 0.25) is 0 Å². The highest BCUT2D eigenvalue weighted by molar-refractivity contribution is 6.22. The van der Waals surface area contributed by atoms with E-state index >= 15 is 0 Å². The van der Waals surface area contributed by atoms with E-state index in [-0.39, 0.29) is 0 Å². The van der Waals surface area contributed by atoms with Crippen LogP contribution in [0.4, 0.5) is 0 Å². The molecule has 1 aromatic heterocycles. The van der Waals surface area contributed by atoms with Crippen LogP contribution in [0, 0.1) is 0 Å². The highest BCUT2D eigenvalue weighted by Crippen LogP contribution is 2.46. The maximum atomic E-state index is 6.43. The average molecular weight is 623 g/mol. The second-order valence-electron chi connectivity index (χ2n) is 12.8. The fraction of sp³-hybridized carbons (Fsp3) is 0. The Labute approximate surface area is 284 Å². The van der Waals surface area contributed by atoms with Crippen LogP contribution in [0.3, 0.4) is 0 Å². The summed E-state index contributed by atoms with van der Waals surface area (Å²) in [5.41, 5.74) is 11.6. The molecule has 0 N–H and O–H groups in total. The standard InChI is InChI=1S/C48H30O/c1-3-12-31(13-4-1)34-24-26-38-44-29-36(25-27-45(44)49-46(38)30-34)48-41-19-9-7-17-39(41)47(40-18-8-10-20-42(40)48)35-23-22-33-16-11-21-37(43(33)28-35)32-14-5-2-6-15-32/h1-30H. The monoisotopic (exact) mass is 622 g/mol. The van der Waals surface area contributed by atoms with Crippen molar-refractivity contribution in [1.82, 2.24) is 0 Å². The quantitative estimate of drug-likeness (QED) is 0.178. The van der Waals surface area contributed by atoms with Crippen molar-refractivity contribution in [1.29, 1.82) is 0 Å². The first-order valence-electron chi connectivity index (χ1n) is 16.8. The van der Waals surface area contributed by atoms with Gasteiger partial charge in [-0.3, -0.25) is 0 Å². The summed E-state index contributed by atoms with van der Waals surface area (Å²) in [7, 11) is 0. The van der Waals surface area contributed by atoms with Crippen molar-refractivity contribution in [3.63, 3.8) is 0 Å². The first-order valence-corrected chi connectivity index (χ1v) is 16.8. The molecule has 1 heteroatoms. The van der Waals surface area contributed by atoms with Crippen LogP contribution >= 0.6 is 0 Å². The lowest BCUT2D eigenvalue weighted by atomic mass is 9.85. The van der Waals surface area contributed by atoms with E-state index in [1.807, 2.05) is 6.07 Å². The molecule has 10 aromatic rings. The molecule has 9 aromatic carbocycles. The number of hydrogen-bond donors (Lipinski definition) is 0. The molecule has 10 rings (SSSR count). The Kier molecular flexibility index (Phi) is 6.25. The molecule has 0 amide bonds. The second-order valence-corrected chi connectivity index (χ2v) is 12.8. The van der Waals surface area contributed by atoms with Gasteiger partial charge in [-0.25, -0.2) is 0 Å². The Morgan fingerprint density at radius 3 is 1.47 bits per heavy atom. The van der Waals surface area contributed by atoms with E-state index in [1.54, 1.807) is 0 Å². The Hall–Kier alpha value is -6.44. The molecule has 0 fully saturated rings. The van der Waals surface area contributed by atoms with Crippen molar-refractivity contribution >= 4 is 54.3 Å². The van der Waals surface area contributed by atoms with Gasteiger partial charge in [0.25, 0.3) is 0 Å². The summed E-state index contributed by atoms with van der Waals surface area (Å²) >= 11 is 0. The minimum Gasteiger partial charge on any atom is -0.456 e. The summed E-state index contributed by atoms with van der Waals surface area (Å²) in [6.07, 6.45) is 0. The molecule has 0 saturated heterocycles. The van der Waals surface area contributed by atoms with Gasteiger partial charge in [0.05, 0.1) is 0 Å². The van der Waals surface area contributed by atoms with Gasteiger partial charge in [-0.2, -0.15) is 0 Å². The van der Waals surface area contributed by atoms with E-state index in [1.165, 1.54) is 71.3 Å². The Morgan fingerprint density at radius 1 is 0.265 bits per heavy atom.